The predicted octanol–water partition coefficient (Wildman–Crippen LogP) is 8.27. The normalized spacial score (nSPS) is 29.5. The fourth-order valence-corrected chi connectivity index (χ4v) is 8.62. The van der Waals surface area contributed by atoms with Crippen molar-refractivity contribution in [3.05, 3.63) is 0 Å². The Kier molecular flexibility index (Phi) is 10.2. The number of carbonyl (C=O) groups is 1. The van der Waals surface area contributed by atoms with E-state index in [-0.39, 0.29) is 16.4 Å². The zero-order chi connectivity index (χ0) is 26.7. The number of hydrogen-bond donors (Lipinski definition) is 1. The van der Waals surface area contributed by atoms with Crippen LogP contribution >= 0.6 is 0 Å². The molecular formula is C30H58O4Si. The molecule has 5 atom stereocenters. The van der Waals surface area contributed by atoms with E-state index in [4.69, 9.17) is 9.16 Å². The Morgan fingerprint density at radius 2 is 1.63 bits per heavy atom. The highest BCUT2D eigenvalue weighted by Gasteiger charge is 2.57. The standard InChI is InChI=1S/C30H58O4Si/c1-11-33-26(31)16-13-20-29(7,21-14-19-28(5,6)32)25-18-17-23-24(15-12-22-30(23,25)8)34-35(9,10)27(2,3)4/h23-25,32H,11-22H2,1-10H3/t23-,24-,25+,29?,30-/m0/s1. The summed E-state index contributed by atoms with van der Waals surface area (Å²) in [5.41, 5.74) is -0.167. The first kappa shape index (κ1) is 30.8. The largest absolute Gasteiger partial charge is 0.466 e. The van der Waals surface area contributed by atoms with Crippen molar-refractivity contribution in [2.24, 2.45) is 22.7 Å². The van der Waals surface area contributed by atoms with Gasteiger partial charge in [-0.25, -0.2) is 0 Å². The number of aliphatic hydroxyl groups is 1. The number of rotatable bonds is 12. The zero-order valence-electron chi connectivity index (χ0n) is 24.9. The van der Waals surface area contributed by atoms with Crippen molar-refractivity contribution in [2.75, 3.05) is 6.61 Å². The van der Waals surface area contributed by atoms with E-state index >= 15 is 0 Å². The molecule has 0 radical (unpaired) electrons. The molecular weight excluding hydrogens is 452 g/mol. The molecule has 0 aromatic carbocycles. The van der Waals surface area contributed by atoms with Gasteiger partial charge in [-0.2, -0.15) is 0 Å². The van der Waals surface area contributed by atoms with Crippen LogP contribution < -0.4 is 0 Å². The third-order valence-electron chi connectivity index (χ3n) is 10.1. The van der Waals surface area contributed by atoms with E-state index in [2.05, 4.69) is 47.7 Å². The van der Waals surface area contributed by atoms with E-state index in [9.17, 15) is 9.90 Å². The van der Waals surface area contributed by atoms with Crippen LogP contribution in [0.5, 0.6) is 0 Å². The molecule has 0 aliphatic heterocycles. The van der Waals surface area contributed by atoms with E-state index in [0.717, 1.165) is 32.1 Å². The van der Waals surface area contributed by atoms with Gasteiger partial charge in [0, 0.05) is 12.5 Å². The first-order valence-electron chi connectivity index (χ1n) is 14.5. The van der Waals surface area contributed by atoms with Gasteiger partial charge in [0.15, 0.2) is 8.32 Å². The fourth-order valence-electron chi connectivity index (χ4n) is 7.23. The van der Waals surface area contributed by atoms with Gasteiger partial charge in [0.1, 0.15) is 0 Å². The number of esters is 1. The highest BCUT2D eigenvalue weighted by atomic mass is 28.4. The Balaban J connectivity index is 2.23. The van der Waals surface area contributed by atoms with Gasteiger partial charge in [-0.3, -0.25) is 4.79 Å². The Labute approximate surface area is 218 Å². The van der Waals surface area contributed by atoms with Crippen LogP contribution in [0.25, 0.3) is 0 Å². The third kappa shape index (κ3) is 7.80. The molecule has 2 saturated carbocycles. The maximum Gasteiger partial charge on any atom is 0.305 e. The zero-order valence-corrected chi connectivity index (χ0v) is 25.9. The molecule has 2 aliphatic rings. The number of carbonyl (C=O) groups excluding carboxylic acids is 1. The van der Waals surface area contributed by atoms with Crippen LogP contribution in [0.3, 0.4) is 0 Å². The minimum Gasteiger partial charge on any atom is -0.466 e. The van der Waals surface area contributed by atoms with E-state index < -0.39 is 13.9 Å². The maximum atomic E-state index is 12.1. The molecule has 5 heteroatoms. The molecule has 0 aromatic rings. The van der Waals surface area contributed by atoms with Crippen LogP contribution in [0.4, 0.5) is 0 Å². The molecule has 0 spiro atoms. The summed E-state index contributed by atoms with van der Waals surface area (Å²) in [6, 6.07) is 0. The SMILES string of the molecule is CCOC(=O)CCCC(C)(CCCC(C)(C)O)[C@H]1CC[C@H]2[C@@H](O[Si](C)(C)C(C)(C)C)CCC[C@]12C. The lowest BCUT2D eigenvalue weighted by Gasteiger charge is -2.52. The van der Waals surface area contributed by atoms with Gasteiger partial charge >= 0.3 is 5.97 Å². The summed E-state index contributed by atoms with van der Waals surface area (Å²) in [5, 5.41) is 10.6. The van der Waals surface area contributed by atoms with Gasteiger partial charge in [-0.15, -0.1) is 0 Å². The number of ether oxygens (including phenoxy) is 1. The molecule has 0 saturated heterocycles. The Morgan fingerprint density at radius 3 is 2.20 bits per heavy atom. The van der Waals surface area contributed by atoms with E-state index in [1.807, 2.05) is 20.8 Å². The van der Waals surface area contributed by atoms with Crippen molar-refractivity contribution in [1.82, 2.24) is 0 Å². The van der Waals surface area contributed by atoms with Crippen LogP contribution in [-0.2, 0) is 14.0 Å². The van der Waals surface area contributed by atoms with Crippen molar-refractivity contribution in [2.45, 2.75) is 156 Å². The number of fused-ring (bicyclic) bond motifs is 1. The average molecular weight is 511 g/mol. The summed E-state index contributed by atoms with van der Waals surface area (Å²) in [6.45, 7) is 23.1. The second-order valence-electron chi connectivity index (χ2n) is 14.5. The lowest BCUT2D eigenvalue weighted by atomic mass is 9.55. The molecule has 1 N–H and O–H groups in total. The molecule has 4 nitrogen and oxygen atoms in total. The monoisotopic (exact) mass is 510 g/mol. The first-order chi connectivity index (χ1) is 16.0. The van der Waals surface area contributed by atoms with Crippen molar-refractivity contribution >= 4 is 14.3 Å². The molecule has 35 heavy (non-hydrogen) atoms. The third-order valence-corrected chi connectivity index (χ3v) is 14.6. The predicted molar refractivity (Wildman–Crippen MR) is 149 cm³/mol. The van der Waals surface area contributed by atoms with Gasteiger partial charge < -0.3 is 14.3 Å². The topological polar surface area (TPSA) is 55.8 Å². The number of hydrogen-bond acceptors (Lipinski definition) is 4. The van der Waals surface area contributed by atoms with E-state index in [1.54, 1.807) is 0 Å². The summed E-state index contributed by atoms with van der Waals surface area (Å²) >= 11 is 0. The maximum absolute atomic E-state index is 12.1. The molecule has 0 aromatic heterocycles. The van der Waals surface area contributed by atoms with Gasteiger partial charge in [0.05, 0.1) is 12.2 Å². The summed E-state index contributed by atoms with van der Waals surface area (Å²) < 4.78 is 12.3. The molecule has 0 amide bonds. The van der Waals surface area contributed by atoms with E-state index in [1.165, 1.54) is 32.1 Å². The van der Waals surface area contributed by atoms with Crippen LogP contribution in [0.1, 0.15) is 126 Å². The minimum absolute atomic E-state index is 0.0673. The highest BCUT2D eigenvalue weighted by molar-refractivity contribution is 6.74. The summed E-state index contributed by atoms with van der Waals surface area (Å²) in [4.78, 5) is 12.1. The van der Waals surface area contributed by atoms with Crippen LogP contribution in [-0.4, -0.2) is 37.7 Å². The molecule has 0 heterocycles. The van der Waals surface area contributed by atoms with Gasteiger partial charge in [-0.05, 0) is 113 Å². The molecule has 2 fully saturated rings. The van der Waals surface area contributed by atoms with Crippen molar-refractivity contribution < 1.29 is 19.1 Å². The van der Waals surface area contributed by atoms with E-state index in [0.29, 0.717) is 36.4 Å². The lowest BCUT2D eigenvalue weighted by Crippen LogP contribution is -2.51. The summed E-state index contributed by atoms with van der Waals surface area (Å²) in [5.74, 6) is 1.20. The second-order valence-corrected chi connectivity index (χ2v) is 19.3. The quantitative estimate of drug-likeness (QED) is 0.212. The Morgan fingerprint density at radius 1 is 1.00 bits per heavy atom. The minimum atomic E-state index is -1.82. The lowest BCUT2D eigenvalue weighted by molar-refractivity contribution is -0.143. The second kappa shape index (κ2) is 11.6. The molecule has 2 aliphatic carbocycles. The highest BCUT2D eigenvalue weighted by Crippen LogP contribution is 2.63. The van der Waals surface area contributed by atoms with Gasteiger partial charge in [-0.1, -0.05) is 47.5 Å². The van der Waals surface area contributed by atoms with Gasteiger partial charge in [0.25, 0.3) is 0 Å². The molecule has 2 rings (SSSR count). The first-order valence-corrected chi connectivity index (χ1v) is 17.4. The van der Waals surface area contributed by atoms with Crippen LogP contribution in [0.15, 0.2) is 0 Å². The van der Waals surface area contributed by atoms with Crippen LogP contribution in [0, 0.1) is 22.7 Å². The molecule has 1 unspecified atom stereocenters. The molecule has 206 valence electrons. The Hall–Kier alpha value is -0.393. The average Bonchev–Trinajstić information content (AvgIpc) is 3.05. The van der Waals surface area contributed by atoms with Crippen molar-refractivity contribution in [3.8, 4) is 0 Å². The van der Waals surface area contributed by atoms with Crippen molar-refractivity contribution in [1.29, 1.82) is 0 Å². The summed E-state index contributed by atoms with van der Waals surface area (Å²) in [6.07, 6.45) is 12.1. The van der Waals surface area contributed by atoms with Crippen LogP contribution in [0.2, 0.25) is 18.1 Å². The fraction of sp³-hybridized carbons (Fsp3) is 0.967. The smallest absolute Gasteiger partial charge is 0.305 e. The molecule has 0 bridgehead atoms. The summed E-state index contributed by atoms with van der Waals surface area (Å²) in [7, 11) is -1.82. The van der Waals surface area contributed by atoms with Gasteiger partial charge in [0.2, 0.25) is 0 Å². The van der Waals surface area contributed by atoms with Crippen molar-refractivity contribution in [3.63, 3.8) is 0 Å². The Bertz CT molecular complexity index is 691.